The Hall–Kier alpha value is -1.36. The molecule has 0 saturated carbocycles. The van der Waals surface area contributed by atoms with Crippen LogP contribution in [-0.4, -0.2) is 36.2 Å². The van der Waals surface area contributed by atoms with E-state index in [1.165, 1.54) is 18.2 Å². The van der Waals surface area contributed by atoms with Gasteiger partial charge in [-0.3, -0.25) is 0 Å². The summed E-state index contributed by atoms with van der Waals surface area (Å²) in [7, 11) is -7.06. The highest BCUT2D eigenvalue weighted by Crippen LogP contribution is 2.21. The van der Waals surface area contributed by atoms with E-state index >= 15 is 0 Å². The molecule has 0 aliphatic heterocycles. The zero-order chi connectivity index (χ0) is 14.7. The summed E-state index contributed by atoms with van der Waals surface area (Å²) in [6, 6.07) is 4.00. The van der Waals surface area contributed by atoms with Gasteiger partial charge in [0.25, 0.3) is 0 Å². The highest BCUT2D eigenvalue weighted by Gasteiger charge is 2.10. The zero-order valence-electron chi connectivity index (χ0n) is 10.3. The number of sulfonamides is 2. The molecule has 0 atom stereocenters. The molecule has 0 spiro atoms. The first-order chi connectivity index (χ1) is 8.59. The van der Waals surface area contributed by atoms with E-state index in [1.54, 1.807) is 0 Å². The Balaban J connectivity index is 2.73. The van der Waals surface area contributed by atoms with Crippen molar-refractivity contribution in [3.05, 3.63) is 18.2 Å². The summed E-state index contributed by atoms with van der Waals surface area (Å²) in [5.74, 6) is 0. The Morgan fingerprint density at radius 1 is 1.16 bits per heavy atom. The molecule has 0 fully saturated rings. The molecule has 0 saturated heterocycles. The van der Waals surface area contributed by atoms with Crippen LogP contribution < -0.4 is 20.9 Å². The third-order valence-corrected chi connectivity index (χ3v) is 3.80. The van der Waals surface area contributed by atoms with Crippen LogP contribution in [0.25, 0.3) is 0 Å². The van der Waals surface area contributed by atoms with Gasteiger partial charge in [-0.15, -0.1) is 0 Å². The summed E-state index contributed by atoms with van der Waals surface area (Å²) in [6.45, 7) is 0.406. The number of nitrogens with two attached hydrogens (primary N) is 2. The van der Waals surface area contributed by atoms with E-state index in [0.717, 1.165) is 6.26 Å². The summed E-state index contributed by atoms with van der Waals surface area (Å²) in [5, 5.41) is 7.83. The molecule has 1 aromatic carbocycles. The van der Waals surface area contributed by atoms with Gasteiger partial charge in [0.05, 0.1) is 22.5 Å². The van der Waals surface area contributed by atoms with E-state index in [0.29, 0.717) is 11.4 Å². The maximum atomic E-state index is 11.2. The van der Waals surface area contributed by atoms with Crippen LogP contribution >= 0.6 is 0 Å². The largest absolute Gasteiger partial charge is 0.397 e. The average Bonchev–Trinajstić information content (AvgIpc) is 2.23. The molecule has 6 N–H and O–H groups in total. The molecule has 0 aromatic heterocycles. The lowest BCUT2D eigenvalue weighted by atomic mass is 10.2. The van der Waals surface area contributed by atoms with E-state index in [2.05, 4.69) is 10.0 Å². The van der Waals surface area contributed by atoms with Gasteiger partial charge >= 0.3 is 0 Å². The Kier molecular flexibility index (Phi) is 4.74. The highest BCUT2D eigenvalue weighted by atomic mass is 32.2. The monoisotopic (exact) mass is 308 g/mol. The normalized spacial score (nSPS) is 12.3. The molecule has 108 valence electrons. The third kappa shape index (κ3) is 5.42. The summed E-state index contributed by atoms with van der Waals surface area (Å²) in [6.07, 6.45) is 1.04. The number of primary sulfonamides is 1. The lowest BCUT2D eigenvalue weighted by molar-refractivity contribution is 0.589. The molecule has 0 unspecified atom stereocenters. The van der Waals surface area contributed by atoms with Crippen LogP contribution in [0, 0.1) is 0 Å². The first-order valence-electron chi connectivity index (χ1n) is 5.20. The summed E-state index contributed by atoms with van der Waals surface area (Å²) < 4.78 is 46.3. The summed E-state index contributed by atoms with van der Waals surface area (Å²) in [4.78, 5) is -0.0692. The Morgan fingerprint density at radius 2 is 1.79 bits per heavy atom. The van der Waals surface area contributed by atoms with Gasteiger partial charge in [0.2, 0.25) is 20.0 Å². The first kappa shape index (κ1) is 15.7. The van der Waals surface area contributed by atoms with Crippen LogP contribution in [0.4, 0.5) is 11.4 Å². The average molecular weight is 308 g/mol. The van der Waals surface area contributed by atoms with Gasteiger partial charge < -0.3 is 11.1 Å². The van der Waals surface area contributed by atoms with Crippen LogP contribution in [0.5, 0.6) is 0 Å². The maximum absolute atomic E-state index is 11.2. The van der Waals surface area contributed by atoms with Gasteiger partial charge in [-0.1, -0.05) is 0 Å². The van der Waals surface area contributed by atoms with Crippen molar-refractivity contribution in [3.8, 4) is 0 Å². The maximum Gasteiger partial charge on any atom is 0.238 e. The molecule has 0 radical (unpaired) electrons. The minimum atomic E-state index is -3.80. The Labute approximate surface area is 112 Å². The van der Waals surface area contributed by atoms with E-state index in [1.807, 2.05) is 0 Å². The second-order valence-corrected chi connectivity index (χ2v) is 7.28. The fraction of sp³-hybridized carbons (Fsp3) is 0.333. The molecule has 0 aliphatic carbocycles. The predicted molar refractivity (Wildman–Crippen MR) is 73.6 cm³/mol. The third-order valence-electron chi connectivity index (χ3n) is 2.16. The Morgan fingerprint density at radius 3 is 2.32 bits per heavy atom. The fourth-order valence-corrected chi connectivity index (χ4v) is 2.31. The van der Waals surface area contributed by atoms with Crippen LogP contribution in [0.1, 0.15) is 0 Å². The van der Waals surface area contributed by atoms with Gasteiger partial charge in [-0.05, 0) is 18.2 Å². The van der Waals surface area contributed by atoms with Crippen LogP contribution in [-0.2, 0) is 20.0 Å². The van der Waals surface area contributed by atoms with Crippen molar-refractivity contribution in [2.45, 2.75) is 4.90 Å². The molecule has 19 heavy (non-hydrogen) atoms. The smallest absolute Gasteiger partial charge is 0.238 e. The molecule has 0 amide bonds. The van der Waals surface area contributed by atoms with Crippen LogP contribution in [0.2, 0.25) is 0 Å². The SMILES string of the molecule is CS(=O)(=O)NCCNc1cc(S(N)(=O)=O)ccc1N. The van der Waals surface area contributed by atoms with E-state index in [-0.39, 0.29) is 18.0 Å². The van der Waals surface area contributed by atoms with Crippen molar-refractivity contribution in [1.82, 2.24) is 4.72 Å². The zero-order valence-corrected chi connectivity index (χ0v) is 11.9. The molecular formula is C9H16N4O4S2. The van der Waals surface area contributed by atoms with Gasteiger partial charge in [-0.25, -0.2) is 26.7 Å². The van der Waals surface area contributed by atoms with Crippen molar-refractivity contribution in [2.24, 2.45) is 5.14 Å². The molecule has 10 heteroatoms. The molecular weight excluding hydrogens is 292 g/mol. The number of nitrogens with one attached hydrogen (secondary N) is 2. The minimum Gasteiger partial charge on any atom is -0.397 e. The van der Waals surface area contributed by atoms with E-state index < -0.39 is 20.0 Å². The lowest BCUT2D eigenvalue weighted by Gasteiger charge is -2.10. The number of benzene rings is 1. The van der Waals surface area contributed by atoms with Crippen LogP contribution in [0.3, 0.4) is 0 Å². The molecule has 8 nitrogen and oxygen atoms in total. The van der Waals surface area contributed by atoms with Crippen molar-refractivity contribution in [2.75, 3.05) is 30.4 Å². The quantitative estimate of drug-likeness (QED) is 0.387. The van der Waals surface area contributed by atoms with Crippen molar-refractivity contribution < 1.29 is 16.8 Å². The van der Waals surface area contributed by atoms with Gasteiger partial charge in [0.15, 0.2) is 0 Å². The van der Waals surface area contributed by atoms with E-state index in [9.17, 15) is 16.8 Å². The standard InChI is InChI=1S/C9H16N4O4S2/c1-18(14,15)13-5-4-12-9-6-7(19(11,16)17)2-3-8(9)10/h2-3,6,12-13H,4-5,10H2,1H3,(H2,11,16,17). The molecule has 1 rings (SSSR count). The fourth-order valence-electron chi connectivity index (χ4n) is 1.30. The molecule has 0 heterocycles. The van der Waals surface area contributed by atoms with Crippen molar-refractivity contribution in [1.29, 1.82) is 0 Å². The number of rotatable bonds is 6. The second kappa shape index (κ2) is 5.74. The molecule has 0 aliphatic rings. The topological polar surface area (TPSA) is 144 Å². The molecule has 1 aromatic rings. The van der Waals surface area contributed by atoms with Gasteiger partial charge in [-0.2, -0.15) is 0 Å². The highest BCUT2D eigenvalue weighted by molar-refractivity contribution is 7.89. The second-order valence-electron chi connectivity index (χ2n) is 3.89. The van der Waals surface area contributed by atoms with Crippen molar-refractivity contribution in [3.63, 3.8) is 0 Å². The molecule has 0 bridgehead atoms. The van der Waals surface area contributed by atoms with E-state index in [4.69, 9.17) is 10.9 Å². The van der Waals surface area contributed by atoms with Gasteiger partial charge in [0, 0.05) is 13.1 Å². The number of hydrogen-bond donors (Lipinski definition) is 4. The van der Waals surface area contributed by atoms with Crippen molar-refractivity contribution >= 4 is 31.4 Å². The predicted octanol–water partition coefficient (Wildman–Crippen LogP) is -1.12. The summed E-state index contributed by atoms with van der Waals surface area (Å²) in [5.41, 5.74) is 6.38. The number of anilines is 2. The Bertz CT molecular complexity index is 655. The lowest BCUT2D eigenvalue weighted by Crippen LogP contribution is -2.27. The van der Waals surface area contributed by atoms with Gasteiger partial charge in [0.1, 0.15) is 0 Å². The first-order valence-corrected chi connectivity index (χ1v) is 8.64. The minimum absolute atomic E-state index is 0.0692. The van der Waals surface area contributed by atoms with Crippen LogP contribution in [0.15, 0.2) is 23.1 Å². The number of nitrogen functional groups attached to an aromatic ring is 1. The summed E-state index contributed by atoms with van der Waals surface area (Å²) >= 11 is 0. The number of hydrogen-bond acceptors (Lipinski definition) is 6.